The Morgan fingerprint density at radius 1 is 1.14 bits per heavy atom. The van der Waals surface area contributed by atoms with E-state index in [0.717, 1.165) is 11.6 Å². The minimum Gasteiger partial charge on any atom is -0.272 e. The second-order valence-corrected chi connectivity index (χ2v) is 7.14. The Hall–Kier alpha value is -2.87. The van der Waals surface area contributed by atoms with E-state index in [2.05, 4.69) is 15.2 Å². The third-order valence-corrected chi connectivity index (χ3v) is 4.93. The highest BCUT2D eigenvalue weighted by Crippen LogP contribution is 2.38. The summed E-state index contributed by atoms with van der Waals surface area (Å²) in [6, 6.07) is 8.15. The van der Waals surface area contributed by atoms with Crippen molar-refractivity contribution < 1.29 is 13.2 Å². The zero-order valence-corrected chi connectivity index (χ0v) is 16.5. The Kier molecular flexibility index (Phi) is 4.82. The zero-order valence-electron chi connectivity index (χ0n) is 15.7. The van der Waals surface area contributed by atoms with Crippen LogP contribution in [0.5, 0.6) is 0 Å². The lowest BCUT2D eigenvalue weighted by molar-refractivity contribution is -0.136. The first kappa shape index (κ1) is 19.4. The van der Waals surface area contributed by atoms with Crippen molar-refractivity contribution in [2.24, 2.45) is 0 Å². The molecule has 1 aromatic carbocycles. The third kappa shape index (κ3) is 3.72. The van der Waals surface area contributed by atoms with Crippen LogP contribution < -0.4 is 0 Å². The zero-order chi connectivity index (χ0) is 20.8. The number of nitrogens with zero attached hydrogens (tertiary/aromatic N) is 5. The number of aromatic nitrogens is 5. The molecule has 0 spiro atoms. The van der Waals surface area contributed by atoms with Crippen LogP contribution in [0.25, 0.3) is 22.3 Å². The first-order chi connectivity index (χ1) is 13.8. The van der Waals surface area contributed by atoms with E-state index in [1.807, 2.05) is 19.1 Å². The van der Waals surface area contributed by atoms with Gasteiger partial charge >= 0.3 is 6.18 Å². The summed E-state index contributed by atoms with van der Waals surface area (Å²) in [5.41, 5.74) is 1.31. The lowest BCUT2D eigenvalue weighted by Gasteiger charge is -2.11. The average Bonchev–Trinajstić information content (AvgIpc) is 3.27. The maximum absolute atomic E-state index is 13.8. The maximum Gasteiger partial charge on any atom is 0.417 e. The van der Waals surface area contributed by atoms with E-state index in [0.29, 0.717) is 17.1 Å². The summed E-state index contributed by atoms with van der Waals surface area (Å²) >= 11 is 5.92. The molecule has 150 valence electrons. The Bertz CT molecular complexity index is 1180. The van der Waals surface area contributed by atoms with E-state index in [9.17, 15) is 13.2 Å². The van der Waals surface area contributed by atoms with E-state index in [1.165, 1.54) is 10.9 Å². The second-order valence-electron chi connectivity index (χ2n) is 6.71. The molecule has 0 atom stereocenters. The van der Waals surface area contributed by atoms with Gasteiger partial charge in [-0.1, -0.05) is 23.7 Å². The standard InChI is InChI=1S/C20H17ClF3N5/c1-3-28-11-14(9-25-28)17-8-16(20(22,23)24)18-12(2)27-29(19(18)26-17)10-13-4-6-15(21)7-5-13/h4-9,11H,3,10H2,1-2H3. The molecular formula is C20H17ClF3N5. The van der Waals surface area contributed by atoms with E-state index in [4.69, 9.17) is 11.6 Å². The molecule has 0 aliphatic rings. The molecule has 0 radical (unpaired) electrons. The van der Waals surface area contributed by atoms with Crippen LogP contribution in [-0.2, 0) is 19.3 Å². The number of alkyl halides is 3. The summed E-state index contributed by atoms with van der Waals surface area (Å²) in [6.45, 7) is 4.36. The molecule has 3 aromatic heterocycles. The van der Waals surface area contributed by atoms with Gasteiger partial charge in [-0.2, -0.15) is 23.4 Å². The molecule has 29 heavy (non-hydrogen) atoms. The predicted molar refractivity (Wildman–Crippen MR) is 105 cm³/mol. The molecule has 0 unspecified atom stereocenters. The Labute approximate surface area is 169 Å². The van der Waals surface area contributed by atoms with Crippen molar-refractivity contribution in [3.05, 3.63) is 64.6 Å². The molecule has 4 aromatic rings. The van der Waals surface area contributed by atoms with Gasteiger partial charge in [-0.15, -0.1) is 0 Å². The number of aryl methyl sites for hydroxylation is 2. The smallest absolute Gasteiger partial charge is 0.272 e. The van der Waals surface area contributed by atoms with Gasteiger partial charge in [-0.3, -0.25) is 4.68 Å². The Balaban J connectivity index is 1.91. The van der Waals surface area contributed by atoms with Crippen LogP contribution in [0.3, 0.4) is 0 Å². The van der Waals surface area contributed by atoms with Crippen LogP contribution in [0.2, 0.25) is 5.02 Å². The highest BCUT2D eigenvalue weighted by Gasteiger charge is 2.35. The lowest BCUT2D eigenvalue weighted by Crippen LogP contribution is -2.08. The number of fused-ring (bicyclic) bond motifs is 1. The Morgan fingerprint density at radius 2 is 1.86 bits per heavy atom. The van der Waals surface area contributed by atoms with Crippen molar-refractivity contribution in [2.45, 2.75) is 33.1 Å². The minimum absolute atomic E-state index is 0.0121. The molecule has 0 aliphatic carbocycles. The minimum atomic E-state index is -4.53. The number of hydrogen-bond acceptors (Lipinski definition) is 3. The van der Waals surface area contributed by atoms with Gasteiger partial charge in [0, 0.05) is 23.3 Å². The van der Waals surface area contributed by atoms with Crippen LogP contribution in [0, 0.1) is 6.92 Å². The quantitative estimate of drug-likeness (QED) is 0.448. The average molecular weight is 420 g/mol. The molecule has 0 N–H and O–H groups in total. The maximum atomic E-state index is 13.8. The molecule has 9 heteroatoms. The van der Waals surface area contributed by atoms with Crippen molar-refractivity contribution in [3.63, 3.8) is 0 Å². The van der Waals surface area contributed by atoms with Gasteiger partial charge in [0.25, 0.3) is 0 Å². The molecule has 0 aliphatic heterocycles. The monoisotopic (exact) mass is 419 g/mol. The predicted octanol–water partition coefficient (Wildman–Crippen LogP) is 5.34. The first-order valence-corrected chi connectivity index (χ1v) is 9.36. The number of pyridine rings is 1. The summed E-state index contributed by atoms with van der Waals surface area (Å²) in [7, 11) is 0. The van der Waals surface area contributed by atoms with Crippen LogP contribution in [-0.4, -0.2) is 24.5 Å². The molecule has 0 bridgehead atoms. The highest BCUT2D eigenvalue weighted by molar-refractivity contribution is 6.30. The van der Waals surface area contributed by atoms with E-state index in [-0.39, 0.29) is 29.0 Å². The molecule has 3 heterocycles. The van der Waals surface area contributed by atoms with Gasteiger partial charge in [0.2, 0.25) is 0 Å². The largest absolute Gasteiger partial charge is 0.417 e. The number of benzene rings is 1. The fraction of sp³-hybridized carbons (Fsp3) is 0.250. The van der Waals surface area contributed by atoms with Crippen molar-refractivity contribution >= 4 is 22.6 Å². The van der Waals surface area contributed by atoms with Crippen LogP contribution >= 0.6 is 11.6 Å². The molecule has 4 rings (SSSR count). The van der Waals surface area contributed by atoms with E-state index >= 15 is 0 Å². The molecule has 0 amide bonds. The molecule has 0 fully saturated rings. The normalized spacial score (nSPS) is 12.1. The number of halogens is 4. The highest BCUT2D eigenvalue weighted by atomic mass is 35.5. The van der Waals surface area contributed by atoms with Crippen molar-refractivity contribution in [1.29, 1.82) is 0 Å². The SMILES string of the molecule is CCn1cc(-c2cc(C(F)(F)F)c3c(C)nn(Cc4ccc(Cl)cc4)c3n2)cn1. The van der Waals surface area contributed by atoms with Crippen LogP contribution in [0.15, 0.2) is 42.7 Å². The molecule has 5 nitrogen and oxygen atoms in total. The Morgan fingerprint density at radius 3 is 2.48 bits per heavy atom. The topological polar surface area (TPSA) is 48.5 Å². The van der Waals surface area contributed by atoms with E-state index in [1.54, 1.807) is 29.9 Å². The van der Waals surface area contributed by atoms with Crippen molar-refractivity contribution in [2.75, 3.05) is 0 Å². The van der Waals surface area contributed by atoms with Gasteiger partial charge in [0.1, 0.15) is 0 Å². The number of hydrogen-bond donors (Lipinski definition) is 0. The van der Waals surface area contributed by atoms with Gasteiger partial charge in [0.05, 0.1) is 35.1 Å². The van der Waals surface area contributed by atoms with E-state index < -0.39 is 11.7 Å². The summed E-state index contributed by atoms with van der Waals surface area (Å²) in [5, 5.41) is 9.08. The van der Waals surface area contributed by atoms with Gasteiger partial charge < -0.3 is 0 Å². The molecule has 0 saturated heterocycles. The molecule has 0 saturated carbocycles. The second kappa shape index (κ2) is 7.18. The fourth-order valence-electron chi connectivity index (χ4n) is 3.27. The summed E-state index contributed by atoms with van der Waals surface area (Å²) in [5.74, 6) is 0. The lowest BCUT2D eigenvalue weighted by atomic mass is 10.1. The van der Waals surface area contributed by atoms with Gasteiger partial charge in [0.15, 0.2) is 5.65 Å². The summed E-state index contributed by atoms with van der Waals surface area (Å²) in [6.07, 6.45) is -1.33. The van der Waals surface area contributed by atoms with Crippen LogP contribution in [0.1, 0.15) is 23.7 Å². The van der Waals surface area contributed by atoms with Crippen molar-refractivity contribution in [1.82, 2.24) is 24.5 Å². The van der Waals surface area contributed by atoms with Crippen LogP contribution in [0.4, 0.5) is 13.2 Å². The number of rotatable bonds is 4. The van der Waals surface area contributed by atoms with Gasteiger partial charge in [-0.25, -0.2) is 9.67 Å². The van der Waals surface area contributed by atoms with Crippen molar-refractivity contribution in [3.8, 4) is 11.3 Å². The summed E-state index contributed by atoms with van der Waals surface area (Å²) in [4.78, 5) is 4.52. The van der Waals surface area contributed by atoms with Gasteiger partial charge in [-0.05, 0) is 37.6 Å². The molecular weight excluding hydrogens is 403 g/mol. The third-order valence-electron chi connectivity index (χ3n) is 4.68. The fourth-order valence-corrected chi connectivity index (χ4v) is 3.39. The summed E-state index contributed by atoms with van der Waals surface area (Å²) < 4.78 is 44.7. The first-order valence-electron chi connectivity index (χ1n) is 8.99.